The minimum Gasteiger partial charge on any atom is -0.493 e. The summed E-state index contributed by atoms with van der Waals surface area (Å²) in [6.07, 6.45) is 2.78. The Hall–Kier alpha value is -2.18. The van der Waals surface area contributed by atoms with E-state index in [9.17, 15) is 4.79 Å². The third-order valence-corrected chi connectivity index (χ3v) is 7.32. The molecule has 0 unspecified atom stereocenters. The van der Waals surface area contributed by atoms with E-state index in [-0.39, 0.29) is 17.6 Å². The van der Waals surface area contributed by atoms with Gasteiger partial charge >= 0.3 is 0 Å². The van der Waals surface area contributed by atoms with Gasteiger partial charge in [0.2, 0.25) is 0 Å². The number of carbonyl (C=O) groups is 1. The largest absolute Gasteiger partial charge is 0.493 e. The lowest BCUT2D eigenvalue weighted by molar-refractivity contribution is 0.0131. The maximum Gasteiger partial charge on any atom is 0.253 e. The predicted octanol–water partition coefficient (Wildman–Crippen LogP) is 4.40. The first-order chi connectivity index (χ1) is 14.9. The second-order valence-electron chi connectivity index (χ2n) is 8.64. The molecule has 2 aromatic rings. The second kappa shape index (κ2) is 8.75. The maximum absolute atomic E-state index is 13.2. The average Bonchev–Trinajstić information content (AvgIpc) is 3.18. The monoisotopic (exact) mass is 445 g/mol. The Kier molecular flexibility index (Phi) is 6.22. The summed E-state index contributed by atoms with van der Waals surface area (Å²) in [6.45, 7) is 7.39. The molecule has 1 aromatic carbocycles. The van der Waals surface area contributed by atoms with Gasteiger partial charge in [-0.15, -0.1) is 0 Å². The van der Waals surface area contributed by atoms with Gasteiger partial charge in [0.15, 0.2) is 11.5 Å². The molecule has 1 aromatic heterocycles. The molecule has 0 radical (unpaired) electrons. The van der Waals surface area contributed by atoms with Crippen LogP contribution in [-0.4, -0.2) is 60.2 Å². The molecule has 1 spiro atoms. The molecular formula is C24H32ClN3O3. The summed E-state index contributed by atoms with van der Waals surface area (Å²) in [6, 6.07) is 9.61. The number of benzene rings is 1. The van der Waals surface area contributed by atoms with E-state index in [1.165, 1.54) is 5.69 Å². The van der Waals surface area contributed by atoms with Crippen molar-refractivity contribution in [2.75, 3.05) is 33.8 Å². The highest BCUT2D eigenvalue weighted by Crippen LogP contribution is 2.42. The molecular weight excluding hydrogens is 414 g/mol. The Morgan fingerprint density at radius 2 is 1.87 bits per heavy atom. The Labute approximate surface area is 189 Å². The fourth-order valence-corrected chi connectivity index (χ4v) is 5.07. The number of fused-ring (bicyclic) bond motifs is 2. The van der Waals surface area contributed by atoms with Gasteiger partial charge in [-0.05, 0) is 63.6 Å². The smallest absolute Gasteiger partial charge is 0.253 e. The van der Waals surface area contributed by atoms with Crippen molar-refractivity contribution in [3.8, 4) is 11.5 Å². The molecule has 6 nitrogen and oxygen atoms in total. The standard InChI is InChI=1S/C24H32ClN3O3/c1-5-17(2)31-19-7-6-18(16-20(19)30-4)23(29)27-12-10-24(11-13-27)21-8-9-22(25)28(21)15-14-26(24)3/h6-9,16-17H,5,10-15H2,1-4H3/t17-/m1/s1. The minimum atomic E-state index is -0.0617. The van der Waals surface area contributed by atoms with Crippen LogP contribution in [0.1, 0.15) is 49.2 Å². The highest BCUT2D eigenvalue weighted by atomic mass is 35.5. The van der Waals surface area contributed by atoms with Crippen LogP contribution < -0.4 is 9.47 Å². The highest BCUT2D eigenvalue weighted by molar-refractivity contribution is 6.29. The summed E-state index contributed by atoms with van der Waals surface area (Å²) in [4.78, 5) is 17.6. The molecule has 0 bridgehead atoms. The van der Waals surface area contributed by atoms with E-state index in [4.69, 9.17) is 21.1 Å². The Bertz CT molecular complexity index is 950. The molecule has 0 N–H and O–H groups in total. The zero-order valence-corrected chi connectivity index (χ0v) is 19.6. The lowest BCUT2D eigenvalue weighted by atomic mass is 9.81. The maximum atomic E-state index is 13.2. The SMILES string of the molecule is CC[C@@H](C)Oc1ccc(C(=O)N2CCC3(CC2)c2ccc(Cl)n2CCN3C)cc1OC. The molecule has 0 saturated carbocycles. The number of nitrogens with zero attached hydrogens (tertiary/aromatic N) is 3. The lowest BCUT2D eigenvalue weighted by Gasteiger charge is -2.50. The number of rotatable bonds is 5. The molecule has 2 aliphatic heterocycles. The van der Waals surface area contributed by atoms with Gasteiger partial charge in [-0.3, -0.25) is 9.69 Å². The van der Waals surface area contributed by atoms with Crippen LogP contribution >= 0.6 is 11.6 Å². The van der Waals surface area contributed by atoms with Crippen LogP contribution in [-0.2, 0) is 12.1 Å². The summed E-state index contributed by atoms with van der Waals surface area (Å²) < 4.78 is 13.6. The second-order valence-corrected chi connectivity index (χ2v) is 9.03. The molecule has 168 valence electrons. The normalized spacial score (nSPS) is 19.2. The number of hydrogen-bond donors (Lipinski definition) is 0. The Morgan fingerprint density at radius 3 is 2.55 bits per heavy atom. The summed E-state index contributed by atoms with van der Waals surface area (Å²) in [7, 11) is 3.79. The summed E-state index contributed by atoms with van der Waals surface area (Å²) in [5.74, 6) is 1.31. The summed E-state index contributed by atoms with van der Waals surface area (Å²) in [5.41, 5.74) is 1.84. The van der Waals surface area contributed by atoms with Crippen molar-refractivity contribution in [2.24, 2.45) is 0 Å². The average molecular weight is 446 g/mol. The van der Waals surface area contributed by atoms with Crippen molar-refractivity contribution in [2.45, 2.75) is 51.3 Å². The first-order valence-electron chi connectivity index (χ1n) is 11.1. The molecule has 0 aliphatic carbocycles. The van der Waals surface area contributed by atoms with E-state index in [0.29, 0.717) is 30.2 Å². The molecule has 4 rings (SSSR count). The van der Waals surface area contributed by atoms with Crippen LogP contribution in [0.5, 0.6) is 11.5 Å². The number of halogens is 1. The Balaban J connectivity index is 1.50. The van der Waals surface area contributed by atoms with Gasteiger partial charge in [0.25, 0.3) is 5.91 Å². The molecule has 1 amide bonds. The molecule has 1 saturated heterocycles. The first kappa shape index (κ1) is 22.0. The molecule has 1 atom stereocenters. The quantitative estimate of drug-likeness (QED) is 0.684. The van der Waals surface area contributed by atoms with Crippen molar-refractivity contribution >= 4 is 17.5 Å². The van der Waals surface area contributed by atoms with Crippen LogP contribution in [0.3, 0.4) is 0 Å². The predicted molar refractivity (Wildman–Crippen MR) is 122 cm³/mol. The van der Waals surface area contributed by atoms with Gasteiger partial charge in [0, 0.05) is 37.4 Å². The molecule has 2 aliphatic rings. The van der Waals surface area contributed by atoms with Crippen molar-refractivity contribution in [3.63, 3.8) is 0 Å². The number of hydrogen-bond acceptors (Lipinski definition) is 4. The summed E-state index contributed by atoms with van der Waals surface area (Å²) >= 11 is 6.41. The van der Waals surface area contributed by atoms with Crippen molar-refractivity contribution < 1.29 is 14.3 Å². The van der Waals surface area contributed by atoms with Crippen LogP contribution in [0, 0.1) is 0 Å². The number of ether oxygens (including phenoxy) is 2. The van der Waals surface area contributed by atoms with E-state index in [1.54, 1.807) is 13.2 Å². The van der Waals surface area contributed by atoms with E-state index in [2.05, 4.69) is 29.5 Å². The fourth-order valence-electron chi connectivity index (χ4n) is 4.83. The number of likely N-dealkylation sites (N-methyl/N-ethyl adjacent to an activating group) is 1. The summed E-state index contributed by atoms with van der Waals surface area (Å²) in [5, 5.41) is 0.799. The highest BCUT2D eigenvalue weighted by Gasteiger charge is 2.44. The molecule has 3 heterocycles. The number of aromatic nitrogens is 1. The zero-order valence-electron chi connectivity index (χ0n) is 18.9. The molecule has 7 heteroatoms. The van der Waals surface area contributed by atoms with E-state index < -0.39 is 0 Å². The zero-order chi connectivity index (χ0) is 22.2. The van der Waals surface area contributed by atoms with Gasteiger partial charge in [0.1, 0.15) is 5.15 Å². The lowest BCUT2D eigenvalue weighted by Crippen LogP contribution is -2.56. The van der Waals surface area contributed by atoms with Gasteiger partial charge in [-0.25, -0.2) is 0 Å². The number of piperidine rings is 1. The third kappa shape index (κ3) is 3.92. The minimum absolute atomic E-state index is 0.0371. The third-order valence-electron chi connectivity index (χ3n) is 6.99. The number of carbonyl (C=O) groups excluding carboxylic acids is 1. The van der Waals surface area contributed by atoms with Crippen molar-refractivity contribution in [1.82, 2.24) is 14.4 Å². The van der Waals surface area contributed by atoms with Gasteiger partial charge in [0.05, 0.1) is 18.8 Å². The van der Waals surface area contributed by atoms with Crippen molar-refractivity contribution in [3.05, 3.63) is 46.7 Å². The van der Waals surface area contributed by atoms with Crippen LogP contribution in [0.25, 0.3) is 0 Å². The topological polar surface area (TPSA) is 46.9 Å². The molecule has 1 fully saturated rings. The van der Waals surface area contributed by atoms with Gasteiger partial charge in [-0.1, -0.05) is 18.5 Å². The van der Waals surface area contributed by atoms with Gasteiger partial charge < -0.3 is 18.9 Å². The molecule has 31 heavy (non-hydrogen) atoms. The van der Waals surface area contributed by atoms with Crippen LogP contribution in [0.2, 0.25) is 5.15 Å². The van der Waals surface area contributed by atoms with Gasteiger partial charge in [-0.2, -0.15) is 0 Å². The van der Waals surface area contributed by atoms with Crippen molar-refractivity contribution in [1.29, 1.82) is 0 Å². The van der Waals surface area contributed by atoms with E-state index in [0.717, 1.165) is 37.5 Å². The van der Waals surface area contributed by atoms with E-state index in [1.807, 2.05) is 30.0 Å². The van der Waals surface area contributed by atoms with Crippen LogP contribution in [0.15, 0.2) is 30.3 Å². The number of likely N-dealkylation sites (tertiary alicyclic amines) is 1. The number of methoxy groups -OCH3 is 1. The number of amides is 1. The Morgan fingerprint density at radius 1 is 1.13 bits per heavy atom. The van der Waals surface area contributed by atoms with E-state index >= 15 is 0 Å². The van der Waals surface area contributed by atoms with Crippen LogP contribution in [0.4, 0.5) is 0 Å². The fraction of sp³-hybridized carbons (Fsp3) is 0.542. The first-order valence-corrected chi connectivity index (χ1v) is 11.5.